The molecule has 5 nitrogen and oxygen atoms in total. The number of benzene rings is 2. The van der Waals surface area contributed by atoms with E-state index in [0.717, 1.165) is 12.1 Å². The lowest BCUT2D eigenvalue weighted by Gasteiger charge is -2.07. The Labute approximate surface area is 138 Å². The first-order valence-electron chi connectivity index (χ1n) is 6.72. The summed E-state index contributed by atoms with van der Waals surface area (Å²) in [4.78, 5) is 18.9. The van der Waals surface area contributed by atoms with Crippen LogP contribution in [0.15, 0.2) is 24.3 Å². The van der Waals surface area contributed by atoms with Gasteiger partial charge in [-0.3, -0.25) is 4.79 Å². The van der Waals surface area contributed by atoms with Gasteiger partial charge < -0.3 is 15.6 Å². The molecular formula is C15H10ClF3N4O. The third-order valence-electron chi connectivity index (χ3n) is 3.32. The lowest BCUT2D eigenvalue weighted by atomic mass is 10.1. The zero-order valence-corrected chi connectivity index (χ0v) is 12.9. The van der Waals surface area contributed by atoms with Gasteiger partial charge in [-0.15, -0.1) is 0 Å². The van der Waals surface area contributed by atoms with Crippen molar-refractivity contribution in [1.29, 1.82) is 0 Å². The second-order valence-electron chi connectivity index (χ2n) is 4.86. The monoisotopic (exact) mass is 354 g/mol. The Kier molecular flexibility index (Phi) is 4.06. The van der Waals surface area contributed by atoms with Gasteiger partial charge in [0.05, 0.1) is 16.1 Å². The topological polar surface area (TPSA) is 69.8 Å². The van der Waals surface area contributed by atoms with E-state index >= 15 is 0 Å². The minimum atomic E-state index is -1.21. The van der Waals surface area contributed by atoms with Gasteiger partial charge >= 0.3 is 0 Å². The average molecular weight is 355 g/mol. The van der Waals surface area contributed by atoms with E-state index in [1.165, 1.54) is 19.2 Å². The Hall–Kier alpha value is -2.74. The van der Waals surface area contributed by atoms with Crippen molar-refractivity contribution in [1.82, 2.24) is 9.97 Å². The number of halogens is 4. The summed E-state index contributed by atoms with van der Waals surface area (Å²) >= 11 is 5.65. The molecule has 0 saturated heterocycles. The molecule has 1 heterocycles. The minimum absolute atomic E-state index is 0.0314. The summed E-state index contributed by atoms with van der Waals surface area (Å²) in [7, 11) is 1.53. The number of hydrogen-bond acceptors (Lipinski definition) is 3. The molecule has 0 saturated carbocycles. The first kappa shape index (κ1) is 16.1. The number of carbonyl (C=O) groups excluding carboxylic acids is 1. The number of nitrogens with zero attached hydrogens (tertiary/aromatic N) is 1. The van der Waals surface area contributed by atoms with E-state index in [0.29, 0.717) is 0 Å². The predicted molar refractivity (Wildman–Crippen MR) is 84.9 cm³/mol. The molecule has 2 aromatic carbocycles. The standard InChI is InChI=1S/C15H10ClF3N4O/c1-20-15-22-12-7(5-10(18)11(19)13(12)23-15)14(24)21-6-2-3-9(17)8(16)4-6/h2-5H,1H3,(H,21,24)(H2,20,22,23). The fourth-order valence-electron chi connectivity index (χ4n) is 2.17. The van der Waals surface area contributed by atoms with Gasteiger partial charge in [0, 0.05) is 12.7 Å². The molecule has 1 amide bonds. The number of H-pyrrole nitrogens is 1. The Bertz CT molecular complexity index is 958. The van der Waals surface area contributed by atoms with Gasteiger partial charge in [-0.25, -0.2) is 18.2 Å². The van der Waals surface area contributed by atoms with Crippen molar-refractivity contribution in [3.63, 3.8) is 0 Å². The molecule has 0 aliphatic heterocycles. The average Bonchev–Trinajstić information content (AvgIpc) is 2.99. The molecule has 0 bridgehead atoms. The molecule has 3 aromatic rings. The predicted octanol–water partition coefficient (Wildman–Crippen LogP) is 3.93. The van der Waals surface area contributed by atoms with Crippen LogP contribution in [0, 0.1) is 17.5 Å². The highest BCUT2D eigenvalue weighted by atomic mass is 35.5. The zero-order chi connectivity index (χ0) is 17.4. The molecule has 24 heavy (non-hydrogen) atoms. The molecule has 0 aliphatic rings. The van der Waals surface area contributed by atoms with Gasteiger partial charge in [-0.1, -0.05) is 11.6 Å². The first-order chi connectivity index (χ1) is 11.4. The Morgan fingerprint density at radius 1 is 1.21 bits per heavy atom. The smallest absolute Gasteiger partial charge is 0.257 e. The number of aromatic nitrogens is 2. The van der Waals surface area contributed by atoms with E-state index in [-0.39, 0.29) is 33.3 Å². The van der Waals surface area contributed by atoms with Gasteiger partial charge in [-0.2, -0.15) is 0 Å². The molecule has 0 unspecified atom stereocenters. The molecule has 3 N–H and O–H groups in total. The van der Waals surface area contributed by atoms with Crippen LogP contribution in [0.2, 0.25) is 5.02 Å². The van der Waals surface area contributed by atoms with Crippen molar-refractivity contribution in [2.24, 2.45) is 0 Å². The van der Waals surface area contributed by atoms with Crippen LogP contribution in [0.3, 0.4) is 0 Å². The maximum atomic E-state index is 13.8. The Morgan fingerprint density at radius 3 is 2.62 bits per heavy atom. The lowest BCUT2D eigenvalue weighted by molar-refractivity contribution is 0.102. The van der Waals surface area contributed by atoms with Crippen LogP contribution in [-0.2, 0) is 0 Å². The summed E-state index contributed by atoms with van der Waals surface area (Å²) in [6.45, 7) is 0. The van der Waals surface area contributed by atoms with E-state index in [2.05, 4.69) is 20.6 Å². The van der Waals surface area contributed by atoms with Crippen molar-refractivity contribution < 1.29 is 18.0 Å². The summed E-state index contributed by atoms with van der Waals surface area (Å²) in [5.74, 6) is -3.57. The first-order valence-corrected chi connectivity index (χ1v) is 7.10. The molecule has 0 spiro atoms. The second kappa shape index (κ2) is 6.04. The molecule has 9 heteroatoms. The highest BCUT2D eigenvalue weighted by Crippen LogP contribution is 2.26. The summed E-state index contributed by atoms with van der Waals surface area (Å²) < 4.78 is 40.7. The van der Waals surface area contributed by atoms with Gasteiger partial charge in [0.15, 0.2) is 11.6 Å². The summed E-state index contributed by atoms with van der Waals surface area (Å²) in [5, 5.41) is 4.91. The van der Waals surface area contributed by atoms with Gasteiger partial charge in [-0.05, 0) is 24.3 Å². The van der Waals surface area contributed by atoms with E-state index in [4.69, 9.17) is 11.6 Å². The van der Waals surface area contributed by atoms with Crippen LogP contribution in [0.1, 0.15) is 10.4 Å². The lowest BCUT2D eigenvalue weighted by Crippen LogP contribution is -2.13. The zero-order valence-electron chi connectivity index (χ0n) is 12.2. The summed E-state index contributed by atoms with van der Waals surface area (Å²) in [5.41, 5.74) is -0.221. The van der Waals surface area contributed by atoms with Gasteiger partial charge in [0.25, 0.3) is 5.91 Å². The highest BCUT2D eigenvalue weighted by molar-refractivity contribution is 6.31. The maximum Gasteiger partial charge on any atom is 0.257 e. The van der Waals surface area contributed by atoms with Gasteiger partial charge in [0.1, 0.15) is 11.3 Å². The molecule has 0 atom stereocenters. The number of nitrogens with one attached hydrogen (secondary N) is 3. The fraction of sp³-hybridized carbons (Fsp3) is 0.0667. The van der Waals surface area contributed by atoms with Crippen molar-refractivity contribution in [2.75, 3.05) is 17.7 Å². The molecule has 1 aromatic heterocycles. The highest BCUT2D eigenvalue weighted by Gasteiger charge is 2.21. The third kappa shape index (κ3) is 2.76. The molecule has 124 valence electrons. The van der Waals surface area contributed by atoms with Crippen LogP contribution in [0.5, 0.6) is 0 Å². The van der Waals surface area contributed by atoms with Crippen LogP contribution >= 0.6 is 11.6 Å². The molecule has 0 aliphatic carbocycles. The SMILES string of the molecule is CNc1nc2c(F)c(F)cc(C(=O)Nc3ccc(F)c(Cl)c3)c2[nH]1. The molecule has 0 fully saturated rings. The number of imidazole rings is 1. The normalized spacial score (nSPS) is 10.9. The Morgan fingerprint density at radius 2 is 1.96 bits per heavy atom. The van der Waals surface area contributed by atoms with Crippen molar-refractivity contribution in [2.45, 2.75) is 0 Å². The van der Waals surface area contributed by atoms with E-state index in [1.54, 1.807) is 0 Å². The number of amides is 1. The van der Waals surface area contributed by atoms with Crippen LogP contribution < -0.4 is 10.6 Å². The van der Waals surface area contributed by atoms with Crippen molar-refractivity contribution >= 4 is 40.2 Å². The largest absolute Gasteiger partial charge is 0.359 e. The van der Waals surface area contributed by atoms with E-state index in [9.17, 15) is 18.0 Å². The number of aromatic amines is 1. The number of hydrogen-bond donors (Lipinski definition) is 3. The summed E-state index contributed by atoms with van der Waals surface area (Å²) in [6, 6.07) is 4.34. The number of carbonyl (C=O) groups is 1. The quantitative estimate of drug-likeness (QED) is 0.667. The summed E-state index contributed by atoms with van der Waals surface area (Å²) in [6.07, 6.45) is 0. The van der Waals surface area contributed by atoms with Crippen LogP contribution in [-0.4, -0.2) is 22.9 Å². The van der Waals surface area contributed by atoms with Crippen LogP contribution in [0.4, 0.5) is 24.8 Å². The maximum absolute atomic E-state index is 13.8. The number of anilines is 2. The fourth-order valence-corrected chi connectivity index (χ4v) is 2.35. The van der Waals surface area contributed by atoms with Crippen molar-refractivity contribution in [3.05, 3.63) is 52.3 Å². The molecule has 3 rings (SSSR count). The second-order valence-corrected chi connectivity index (χ2v) is 5.27. The van der Waals surface area contributed by atoms with Gasteiger partial charge in [0.2, 0.25) is 5.95 Å². The number of rotatable bonds is 3. The van der Waals surface area contributed by atoms with E-state index < -0.39 is 23.4 Å². The molecule has 0 radical (unpaired) electrons. The number of fused-ring (bicyclic) bond motifs is 1. The van der Waals surface area contributed by atoms with E-state index in [1.807, 2.05) is 0 Å². The van der Waals surface area contributed by atoms with Crippen LogP contribution in [0.25, 0.3) is 11.0 Å². The van der Waals surface area contributed by atoms with Crippen molar-refractivity contribution in [3.8, 4) is 0 Å². The minimum Gasteiger partial charge on any atom is -0.359 e. The third-order valence-corrected chi connectivity index (χ3v) is 3.61. The Balaban J connectivity index is 2.04. The molecular weight excluding hydrogens is 345 g/mol.